The Morgan fingerprint density at radius 3 is 3.00 bits per heavy atom. The van der Waals surface area contributed by atoms with Crippen LogP contribution in [0.3, 0.4) is 0 Å². The third kappa shape index (κ3) is 1.05. The lowest BCUT2D eigenvalue weighted by Crippen LogP contribution is -2.54. The Hall–Kier alpha value is -1.10. The summed E-state index contributed by atoms with van der Waals surface area (Å²) in [5.74, 6) is -0.886. The largest absolute Gasteiger partial charge is 0.481 e. The number of fused-ring (bicyclic) bond motifs is 1. The second-order valence-corrected chi connectivity index (χ2v) is 4.11. The van der Waals surface area contributed by atoms with Crippen LogP contribution in [0.4, 0.5) is 0 Å². The highest BCUT2D eigenvalue weighted by atomic mass is 16.4. The molecule has 2 heterocycles. The van der Waals surface area contributed by atoms with Crippen molar-refractivity contribution < 1.29 is 14.7 Å². The van der Waals surface area contributed by atoms with Gasteiger partial charge in [0.1, 0.15) is 0 Å². The van der Waals surface area contributed by atoms with E-state index in [-0.39, 0.29) is 18.4 Å². The Labute approximate surface area is 82.1 Å². The number of carbonyl (C=O) groups is 2. The summed E-state index contributed by atoms with van der Waals surface area (Å²) < 4.78 is 0. The van der Waals surface area contributed by atoms with E-state index in [1.807, 2.05) is 0 Å². The number of piperidine rings is 1. The summed E-state index contributed by atoms with van der Waals surface area (Å²) in [7, 11) is 1.69. The van der Waals surface area contributed by atoms with Crippen LogP contribution in [0.25, 0.3) is 0 Å². The molecule has 1 amide bonds. The van der Waals surface area contributed by atoms with Crippen molar-refractivity contribution in [1.29, 1.82) is 0 Å². The molecule has 14 heavy (non-hydrogen) atoms. The zero-order valence-corrected chi connectivity index (χ0v) is 8.12. The minimum atomic E-state index is -0.836. The van der Waals surface area contributed by atoms with E-state index in [2.05, 4.69) is 5.32 Å². The van der Waals surface area contributed by atoms with Gasteiger partial charge >= 0.3 is 5.97 Å². The molecule has 2 aliphatic rings. The van der Waals surface area contributed by atoms with Crippen molar-refractivity contribution in [3.05, 3.63) is 0 Å². The standard InChI is InChI=1S/C9H14N2O3/c1-11-6-5-10-3-2-9(6,8(13)14)4-7(11)12/h6,10H,2-5H2,1H3,(H,13,14). The second kappa shape index (κ2) is 2.95. The summed E-state index contributed by atoms with van der Waals surface area (Å²) in [5, 5.41) is 12.4. The second-order valence-electron chi connectivity index (χ2n) is 4.11. The maximum absolute atomic E-state index is 11.5. The summed E-state index contributed by atoms with van der Waals surface area (Å²) in [6.07, 6.45) is 0.703. The molecule has 2 aliphatic heterocycles. The fraction of sp³-hybridized carbons (Fsp3) is 0.778. The van der Waals surface area contributed by atoms with Gasteiger partial charge in [0.2, 0.25) is 5.91 Å². The molecule has 2 fully saturated rings. The number of carboxylic acids is 1. The quantitative estimate of drug-likeness (QED) is 0.583. The molecule has 0 bridgehead atoms. The number of nitrogens with zero attached hydrogens (tertiary/aromatic N) is 1. The van der Waals surface area contributed by atoms with Gasteiger partial charge < -0.3 is 15.3 Å². The van der Waals surface area contributed by atoms with Crippen LogP contribution < -0.4 is 5.32 Å². The first-order chi connectivity index (χ1) is 6.58. The number of hydrogen-bond donors (Lipinski definition) is 2. The highest BCUT2D eigenvalue weighted by Gasteiger charge is 2.56. The van der Waals surface area contributed by atoms with Gasteiger partial charge in [-0.15, -0.1) is 0 Å². The molecule has 2 saturated heterocycles. The molecule has 0 saturated carbocycles. The number of carboxylic acid groups (broad SMARTS) is 1. The van der Waals surface area contributed by atoms with Crippen molar-refractivity contribution in [1.82, 2.24) is 10.2 Å². The Morgan fingerprint density at radius 1 is 1.71 bits per heavy atom. The van der Waals surface area contributed by atoms with Crippen molar-refractivity contribution >= 4 is 11.9 Å². The van der Waals surface area contributed by atoms with Gasteiger partial charge in [-0.05, 0) is 13.0 Å². The van der Waals surface area contributed by atoms with E-state index >= 15 is 0 Å². The van der Waals surface area contributed by atoms with Gasteiger partial charge in [-0.2, -0.15) is 0 Å². The predicted octanol–water partition coefficient (Wildman–Crippen LogP) is -0.719. The molecule has 0 radical (unpaired) electrons. The van der Waals surface area contributed by atoms with Crippen molar-refractivity contribution in [3.8, 4) is 0 Å². The normalized spacial score (nSPS) is 37.1. The number of carbonyl (C=O) groups excluding carboxylic acids is 1. The van der Waals surface area contributed by atoms with Gasteiger partial charge in [-0.3, -0.25) is 9.59 Å². The average Bonchev–Trinajstić information content (AvgIpc) is 2.41. The first-order valence-corrected chi connectivity index (χ1v) is 4.78. The van der Waals surface area contributed by atoms with Crippen LogP contribution in [0.15, 0.2) is 0 Å². The lowest BCUT2D eigenvalue weighted by Gasteiger charge is -2.37. The molecule has 2 N–H and O–H groups in total. The molecule has 2 unspecified atom stereocenters. The third-order valence-corrected chi connectivity index (χ3v) is 3.48. The predicted molar refractivity (Wildman–Crippen MR) is 48.7 cm³/mol. The fourth-order valence-corrected chi connectivity index (χ4v) is 2.52. The average molecular weight is 198 g/mol. The topological polar surface area (TPSA) is 69.6 Å². The number of aliphatic carboxylic acids is 1. The summed E-state index contributed by atoms with van der Waals surface area (Å²) >= 11 is 0. The van der Waals surface area contributed by atoms with E-state index in [0.717, 1.165) is 0 Å². The van der Waals surface area contributed by atoms with Crippen LogP contribution in [-0.4, -0.2) is 48.1 Å². The summed E-state index contributed by atoms with van der Waals surface area (Å²) in [5.41, 5.74) is -0.836. The molecule has 5 nitrogen and oxygen atoms in total. The number of hydrogen-bond acceptors (Lipinski definition) is 3. The van der Waals surface area contributed by atoms with Crippen LogP contribution in [0, 0.1) is 5.41 Å². The molecule has 0 aromatic rings. The van der Waals surface area contributed by atoms with E-state index < -0.39 is 11.4 Å². The molecular weight excluding hydrogens is 184 g/mol. The molecule has 0 aromatic carbocycles. The first-order valence-electron chi connectivity index (χ1n) is 4.78. The van der Waals surface area contributed by atoms with Crippen molar-refractivity contribution in [2.24, 2.45) is 5.41 Å². The zero-order chi connectivity index (χ0) is 10.3. The lowest BCUT2D eigenvalue weighted by molar-refractivity contribution is -0.152. The Balaban J connectivity index is 2.35. The number of rotatable bonds is 1. The summed E-state index contributed by atoms with van der Waals surface area (Å²) in [6, 6.07) is -0.179. The smallest absolute Gasteiger partial charge is 0.312 e. The Morgan fingerprint density at radius 2 is 2.43 bits per heavy atom. The molecule has 0 aliphatic carbocycles. The van der Waals surface area contributed by atoms with Gasteiger partial charge in [0.25, 0.3) is 0 Å². The highest BCUT2D eigenvalue weighted by Crippen LogP contribution is 2.41. The van der Waals surface area contributed by atoms with E-state index in [0.29, 0.717) is 19.5 Å². The van der Waals surface area contributed by atoms with Crippen LogP contribution in [0.1, 0.15) is 12.8 Å². The number of likely N-dealkylation sites (N-methyl/N-ethyl adjacent to an activating group) is 1. The SMILES string of the molecule is CN1C(=O)CC2(C(=O)O)CCNCC12. The molecule has 0 aromatic heterocycles. The van der Waals surface area contributed by atoms with E-state index in [1.165, 1.54) is 0 Å². The van der Waals surface area contributed by atoms with Gasteiger partial charge in [-0.25, -0.2) is 0 Å². The van der Waals surface area contributed by atoms with Crippen LogP contribution in [0.5, 0.6) is 0 Å². The van der Waals surface area contributed by atoms with Crippen molar-refractivity contribution in [3.63, 3.8) is 0 Å². The van der Waals surface area contributed by atoms with Gasteiger partial charge in [-0.1, -0.05) is 0 Å². The molecular formula is C9H14N2O3. The molecule has 5 heteroatoms. The number of nitrogens with one attached hydrogen (secondary N) is 1. The van der Waals surface area contributed by atoms with E-state index in [4.69, 9.17) is 0 Å². The Bertz CT molecular complexity index is 292. The zero-order valence-electron chi connectivity index (χ0n) is 8.12. The first kappa shape index (κ1) is 9.45. The van der Waals surface area contributed by atoms with Crippen LogP contribution >= 0.6 is 0 Å². The minimum absolute atomic E-state index is 0.0545. The minimum Gasteiger partial charge on any atom is -0.481 e. The maximum atomic E-state index is 11.5. The number of amides is 1. The van der Waals surface area contributed by atoms with Gasteiger partial charge in [0.15, 0.2) is 0 Å². The third-order valence-electron chi connectivity index (χ3n) is 3.48. The highest BCUT2D eigenvalue weighted by molar-refractivity contribution is 5.90. The molecule has 2 atom stereocenters. The summed E-state index contributed by atoms with van der Waals surface area (Å²) in [6.45, 7) is 1.28. The van der Waals surface area contributed by atoms with Gasteiger partial charge in [0.05, 0.1) is 11.5 Å². The molecule has 78 valence electrons. The Kier molecular flexibility index (Phi) is 1.99. The van der Waals surface area contributed by atoms with Crippen LogP contribution in [-0.2, 0) is 9.59 Å². The van der Waals surface area contributed by atoms with E-state index in [9.17, 15) is 14.7 Å². The van der Waals surface area contributed by atoms with E-state index in [1.54, 1.807) is 11.9 Å². The summed E-state index contributed by atoms with van der Waals surface area (Å²) in [4.78, 5) is 24.3. The van der Waals surface area contributed by atoms with Crippen LogP contribution in [0.2, 0.25) is 0 Å². The maximum Gasteiger partial charge on any atom is 0.312 e. The van der Waals surface area contributed by atoms with Gasteiger partial charge in [0, 0.05) is 20.0 Å². The molecule has 0 spiro atoms. The number of likely N-dealkylation sites (tertiary alicyclic amines) is 1. The van der Waals surface area contributed by atoms with Crippen molar-refractivity contribution in [2.75, 3.05) is 20.1 Å². The lowest BCUT2D eigenvalue weighted by atomic mass is 9.75. The monoisotopic (exact) mass is 198 g/mol. The van der Waals surface area contributed by atoms with Crippen molar-refractivity contribution in [2.45, 2.75) is 18.9 Å². The molecule has 2 rings (SSSR count). The fourth-order valence-electron chi connectivity index (χ4n) is 2.52.